The van der Waals surface area contributed by atoms with Crippen LogP contribution in [-0.4, -0.2) is 110 Å². The molecule has 5 atom stereocenters. The summed E-state index contributed by atoms with van der Waals surface area (Å²) in [5, 5.41) is 42.2. The number of phenolic OH excluding ortho intramolecular Hbond substituents is 1. The van der Waals surface area contributed by atoms with E-state index in [4.69, 9.17) is 20.3 Å². The number of hydrogen-bond donors (Lipinski definition) is 6. The maximum atomic E-state index is 14.2. The van der Waals surface area contributed by atoms with Crippen LogP contribution in [0.3, 0.4) is 0 Å². The van der Waals surface area contributed by atoms with Gasteiger partial charge >= 0.3 is 0 Å². The van der Waals surface area contributed by atoms with Crippen LogP contribution in [0, 0.1) is 40.9 Å². The number of aromatic hydroxyl groups is 1. The molecule has 4 fully saturated rings. The normalized spacial score (nSPS) is 23.4. The Balaban J connectivity index is 0.688. The molecule has 3 saturated heterocycles. The lowest BCUT2D eigenvalue weighted by Crippen LogP contribution is -2.48. The highest BCUT2D eigenvalue weighted by Crippen LogP contribution is 2.36. The largest absolute Gasteiger partial charge is 0.507 e. The first-order valence-corrected chi connectivity index (χ1v) is 25.3. The lowest BCUT2D eigenvalue weighted by Gasteiger charge is -2.40. The second kappa shape index (κ2) is 21.7. The third-order valence-electron chi connectivity index (χ3n) is 14.9. The van der Waals surface area contributed by atoms with E-state index >= 15 is 0 Å². The Morgan fingerprint density at radius 3 is 2.45 bits per heavy atom. The number of aromatic nitrogens is 3. The number of allylic oxidation sites excluding steroid dienone is 2. The van der Waals surface area contributed by atoms with Gasteiger partial charge in [-0.1, -0.05) is 55.1 Å². The van der Waals surface area contributed by atoms with Gasteiger partial charge in [0, 0.05) is 80.6 Å². The fourth-order valence-electron chi connectivity index (χ4n) is 10.6. The average Bonchev–Trinajstić information content (AvgIpc) is 4.14. The molecule has 2 aromatic heterocycles. The van der Waals surface area contributed by atoms with Gasteiger partial charge in [-0.05, 0) is 100 Å². The van der Waals surface area contributed by atoms with Crippen LogP contribution in [0.1, 0.15) is 119 Å². The molecular formula is C54H67N11O6. The molecule has 7 N–H and O–H groups in total. The standard InChI is InChI=1S/C54H67N11O6/c1-33(2)51(54(69)64-32-41(66)25-47(64)53(68)58-35(4)39-13-11-36(28-55)12-14-39)49-27-50(61-71-49)63-21-15-37(16-22-63)30-62-19-17-42(18-20-62)70-43-23-38(24-43)10-9-34(3)65-31-40(29-57-65)45-26-46(59-60-52(45)56)44-7-5-6-8-48(44)67/h5-8,11-14,26-27,29,31,33-35,37-38,41-43,47,51,59-60,66-67H,15-25,30,32,56H2,1-4H3,(H,58,68)/t34-,35+,38-,41-,43-,47+,51-/m1/s1. The summed E-state index contributed by atoms with van der Waals surface area (Å²) in [5.74, 6) is 8.22. The minimum atomic E-state index is -0.822. The van der Waals surface area contributed by atoms with Crippen molar-refractivity contribution in [2.75, 3.05) is 44.2 Å². The van der Waals surface area contributed by atoms with Gasteiger partial charge in [-0.2, -0.15) is 10.4 Å². The SMILES string of the molecule is CC(C)[C@@H](C(=O)N1C[C@H](O)C[C@H]1C(=O)N[C@@H](C)c1ccc(C#N)cc1)c1cc(N2CCC(CN3CCC(O[C@H]4C[C@H](C#C[C@@H](C)n5cc(C6=C(N)NNC(c7ccccc7O)=C6)cn5)C4)CC3)CC2)no1. The van der Waals surface area contributed by atoms with Crippen molar-refractivity contribution in [3.63, 3.8) is 0 Å². The fraction of sp³-hybridized carbons (Fsp3) is 0.500. The number of hydrazine groups is 1. The van der Waals surface area contributed by atoms with Gasteiger partial charge in [-0.3, -0.25) is 25.1 Å². The van der Waals surface area contributed by atoms with Gasteiger partial charge in [-0.25, -0.2) is 0 Å². The van der Waals surface area contributed by atoms with Gasteiger partial charge in [0.25, 0.3) is 0 Å². The van der Waals surface area contributed by atoms with Crippen LogP contribution in [0.2, 0.25) is 0 Å². The second-order valence-corrected chi connectivity index (χ2v) is 20.4. The summed E-state index contributed by atoms with van der Waals surface area (Å²) in [6, 6.07) is 16.9. The van der Waals surface area contributed by atoms with Crippen LogP contribution in [-0.2, 0) is 14.3 Å². The minimum absolute atomic E-state index is 0.0656. The van der Waals surface area contributed by atoms with Crippen LogP contribution in [0.5, 0.6) is 5.75 Å². The number of nitrogens with one attached hydrogen (secondary N) is 3. The molecule has 0 radical (unpaired) electrons. The van der Waals surface area contributed by atoms with E-state index in [0.29, 0.717) is 40.2 Å². The van der Waals surface area contributed by atoms with Gasteiger partial charge in [-0.15, -0.1) is 0 Å². The van der Waals surface area contributed by atoms with Crippen molar-refractivity contribution in [2.45, 2.75) is 115 Å². The first-order chi connectivity index (χ1) is 34.3. The molecule has 9 rings (SSSR count). The quantitative estimate of drug-likeness (QED) is 0.0855. The number of nitrogens with zero attached hydrogens (tertiary/aromatic N) is 7. The number of carbonyl (C=O) groups is 2. The molecule has 5 aliphatic rings. The van der Waals surface area contributed by atoms with Gasteiger partial charge in [0.1, 0.15) is 29.6 Å². The number of rotatable bonds is 14. The number of amides is 2. The molecule has 1 saturated carbocycles. The predicted octanol–water partition coefficient (Wildman–Crippen LogP) is 5.54. The lowest BCUT2D eigenvalue weighted by atomic mass is 9.82. The fourth-order valence-corrected chi connectivity index (χ4v) is 10.6. The van der Waals surface area contributed by atoms with Crippen molar-refractivity contribution >= 4 is 28.9 Å². The zero-order valence-corrected chi connectivity index (χ0v) is 41.1. The number of ether oxygens (including phenoxy) is 1. The Morgan fingerprint density at radius 2 is 1.73 bits per heavy atom. The molecular weight excluding hydrogens is 899 g/mol. The molecule has 0 spiro atoms. The number of phenols is 1. The smallest absolute Gasteiger partial charge is 0.243 e. The summed E-state index contributed by atoms with van der Waals surface area (Å²) >= 11 is 0. The molecule has 2 aromatic carbocycles. The number of likely N-dealkylation sites (tertiary alicyclic amines) is 2. The third-order valence-corrected chi connectivity index (χ3v) is 14.9. The molecule has 1 aliphatic carbocycles. The molecule has 4 aliphatic heterocycles. The minimum Gasteiger partial charge on any atom is -0.507 e. The predicted molar refractivity (Wildman–Crippen MR) is 268 cm³/mol. The number of β-amino-alcohol motifs (C(OH)–C–C–N with tert-alkyl or cyclic N) is 1. The number of carbonyl (C=O) groups excluding carboxylic acids is 2. The number of nitrogens with two attached hydrogens (primary N) is 1. The zero-order valence-electron chi connectivity index (χ0n) is 41.1. The Hall–Kier alpha value is -6.79. The maximum absolute atomic E-state index is 14.2. The third kappa shape index (κ3) is 11.4. The van der Waals surface area contributed by atoms with Gasteiger partial charge in [0.05, 0.1) is 47.9 Å². The van der Waals surface area contributed by atoms with Gasteiger partial charge in [0.2, 0.25) is 11.8 Å². The van der Waals surface area contributed by atoms with Crippen molar-refractivity contribution < 1.29 is 29.1 Å². The van der Waals surface area contributed by atoms with Crippen LogP contribution >= 0.6 is 0 Å². The molecule has 71 heavy (non-hydrogen) atoms. The van der Waals surface area contributed by atoms with Crippen molar-refractivity contribution in [3.8, 4) is 23.7 Å². The molecule has 0 bridgehead atoms. The van der Waals surface area contributed by atoms with E-state index in [1.807, 2.05) is 62.8 Å². The monoisotopic (exact) mass is 966 g/mol. The van der Waals surface area contributed by atoms with E-state index in [-0.39, 0.29) is 60.7 Å². The average molecular weight is 966 g/mol. The van der Waals surface area contributed by atoms with Crippen molar-refractivity contribution in [3.05, 3.63) is 107 Å². The van der Waals surface area contributed by atoms with E-state index in [9.17, 15) is 19.8 Å². The first-order valence-electron chi connectivity index (χ1n) is 25.3. The Kier molecular flexibility index (Phi) is 15.0. The molecule has 6 heterocycles. The molecule has 17 heteroatoms. The number of nitriles is 1. The number of benzene rings is 2. The highest BCUT2D eigenvalue weighted by molar-refractivity contribution is 5.91. The summed E-state index contributed by atoms with van der Waals surface area (Å²) < 4.78 is 14.3. The van der Waals surface area contributed by atoms with Crippen molar-refractivity contribution in [1.29, 1.82) is 5.26 Å². The van der Waals surface area contributed by atoms with Crippen molar-refractivity contribution in [1.82, 2.24) is 40.9 Å². The summed E-state index contributed by atoms with van der Waals surface area (Å²) in [7, 11) is 0. The Bertz CT molecular complexity index is 2690. The number of aliphatic hydroxyl groups is 1. The van der Waals surface area contributed by atoms with Gasteiger partial charge in [0.15, 0.2) is 11.6 Å². The topological polar surface area (TPSA) is 223 Å². The molecule has 0 unspecified atom stereocenters. The lowest BCUT2D eigenvalue weighted by molar-refractivity contribution is -0.141. The van der Waals surface area contributed by atoms with E-state index in [1.165, 1.54) is 4.90 Å². The van der Waals surface area contributed by atoms with E-state index in [2.05, 4.69) is 54.1 Å². The van der Waals surface area contributed by atoms with E-state index in [0.717, 1.165) is 93.8 Å². The summed E-state index contributed by atoms with van der Waals surface area (Å²) in [4.78, 5) is 34.2. The summed E-state index contributed by atoms with van der Waals surface area (Å²) in [6.45, 7) is 12.7. The van der Waals surface area contributed by atoms with Crippen LogP contribution < -0.4 is 26.8 Å². The molecule has 4 aromatic rings. The van der Waals surface area contributed by atoms with Crippen LogP contribution in [0.25, 0.3) is 11.3 Å². The Morgan fingerprint density at radius 1 is 0.986 bits per heavy atom. The van der Waals surface area contributed by atoms with E-state index in [1.54, 1.807) is 42.6 Å². The Labute approximate surface area is 416 Å². The number of hydrogen-bond acceptors (Lipinski definition) is 14. The van der Waals surface area contributed by atoms with Crippen molar-refractivity contribution in [2.24, 2.45) is 23.5 Å². The highest BCUT2D eigenvalue weighted by Gasteiger charge is 2.44. The molecule has 2 amide bonds. The number of aliphatic hydroxyl groups excluding tert-OH is 1. The second-order valence-electron chi connectivity index (χ2n) is 20.4. The number of piperidine rings is 2. The molecule has 17 nitrogen and oxygen atoms in total. The number of para-hydroxylation sites is 1. The van der Waals surface area contributed by atoms with Gasteiger partial charge < -0.3 is 45.2 Å². The number of anilines is 1. The van der Waals surface area contributed by atoms with Crippen LogP contribution in [0.4, 0.5) is 5.82 Å². The zero-order chi connectivity index (χ0) is 49.8. The highest BCUT2D eigenvalue weighted by atomic mass is 16.5. The first kappa shape index (κ1) is 49.2. The molecule has 374 valence electrons. The summed E-state index contributed by atoms with van der Waals surface area (Å²) in [6.07, 6.45) is 11.6. The van der Waals surface area contributed by atoms with Crippen LogP contribution in [0.15, 0.2) is 83.4 Å². The summed E-state index contributed by atoms with van der Waals surface area (Å²) in [5.41, 5.74) is 16.7. The van der Waals surface area contributed by atoms with E-state index < -0.39 is 18.1 Å². The maximum Gasteiger partial charge on any atom is 0.243 e.